The summed E-state index contributed by atoms with van der Waals surface area (Å²) in [5, 5.41) is 33.6. The van der Waals surface area contributed by atoms with Gasteiger partial charge < -0.3 is 40.6 Å². The van der Waals surface area contributed by atoms with Crippen molar-refractivity contribution in [3.63, 3.8) is 0 Å². The molecular weight excluding hydrogens is 984 g/mol. The fourth-order valence-electron chi connectivity index (χ4n) is 8.41. The number of fused-ring (bicyclic) bond motifs is 2. The van der Waals surface area contributed by atoms with Gasteiger partial charge in [-0.2, -0.15) is 0 Å². The number of nitrogens with two attached hydrogens (primary N) is 1. The highest BCUT2D eigenvalue weighted by molar-refractivity contribution is 9.12. The Morgan fingerprint density at radius 1 is 0.803 bits per heavy atom. The summed E-state index contributed by atoms with van der Waals surface area (Å²) in [7, 11) is 0. The molecule has 0 aliphatic carbocycles. The van der Waals surface area contributed by atoms with Crippen molar-refractivity contribution in [3.8, 4) is 0 Å². The monoisotopic (exact) mass is 1040 g/mol. The standard InChI is InChI=1S/C21H24BrN5O2.C11H15N5O4.C9H16Br2O/c1-4-16-13(2)14(3)21(10-22,29-16)27-12-25-17-18(23-11-24-19(17)27)26-20(28)15-8-6-5-7-9-15;1-11(8(19)7(18)5(2-17)20-11)16-4-15-6-9(12)13-3-14-10(6)16;1-4-8-6(2)7(3)9(11,5-10)12-8/h5-9,11-14,16H,4,10H2,1-3H3,(H,23,24,26,28);3-5,7-8,17-19H,2H2,1H3,(H2,12,13,14);6-8H,4-5H2,1-3H3/t13?,14-,16+,21+;5-,7?,8+,11-;6?,7-,8+,9+/m010/s1. The number of halogens is 3. The zero-order valence-corrected chi connectivity index (χ0v) is 39.9. The SMILES string of the molecule is CC[C@H]1O[C@@](CBr)(n2cnc3c(NC(=O)c4ccccc4)ncnc32)[C@@H](C)C1C.CC[C@H]1O[C@](Br)(CBr)[C@@H](C)C1C.C[C@@]1(n2cnc3c(N)ncnc32)O[C@H](CO)C(O)[C@@H]1O. The van der Waals surface area contributed by atoms with Gasteiger partial charge in [-0.15, -0.1) is 0 Å². The third kappa shape index (κ3) is 8.72. The Morgan fingerprint density at radius 3 is 1.95 bits per heavy atom. The number of hydrogen-bond acceptors (Lipinski definition) is 14. The van der Waals surface area contributed by atoms with Gasteiger partial charge in [-0.1, -0.05) is 108 Å². The number of anilines is 2. The van der Waals surface area contributed by atoms with E-state index in [4.69, 9.17) is 19.9 Å². The minimum Gasteiger partial charge on any atom is -0.394 e. The quantitative estimate of drug-likeness (QED) is 0.107. The molecule has 0 bridgehead atoms. The Hall–Kier alpha value is -3.21. The Kier molecular flexibility index (Phi) is 14.9. The van der Waals surface area contributed by atoms with Crippen molar-refractivity contribution >= 4 is 87.7 Å². The average Bonchev–Trinajstić information content (AvgIpc) is 4.07. The number of alkyl halides is 3. The van der Waals surface area contributed by atoms with Gasteiger partial charge in [0.2, 0.25) is 0 Å². The lowest BCUT2D eigenvalue weighted by molar-refractivity contribution is -0.132. The minimum absolute atomic E-state index is 0.132. The number of nitrogens with zero attached hydrogens (tertiary/aromatic N) is 8. The molecule has 1 amide bonds. The van der Waals surface area contributed by atoms with Gasteiger partial charge in [0.15, 0.2) is 39.9 Å². The van der Waals surface area contributed by atoms with Crippen LogP contribution in [0.15, 0.2) is 55.6 Å². The summed E-state index contributed by atoms with van der Waals surface area (Å²) in [6.07, 6.45) is 5.17. The van der Waals surface area contributed by atoms with Gasteiger partial charge in [0.05, 0.1) is 36.8 Å². The molecule has 5 aromatic rings. The molecule has 0 spiro atoms. The van der Waals surface area contributed by atoms with Gasteiger partial charge in [0, 0.05) is 22.7 Å². The summed E-state index contributed by atoms with van der Waals surface area (Å²) < 4.78 is 21.4. The maximum Gasteiger partial charge on any atom is 0.256 e. The van der Waals surface area contributed by atoms with Gasteiger partial charge in [-0.3, -0.25) is 13.9 Å². The number of ether oxygens (including phenoxy) is 3. The number of aromatic nitrogens is 8. The Morgan fingerprint density at radius 2 is 1.39 bits per heavy atom. The number of nitrogens with one attached hydrogen (secondary N) is 1. The highest BCUT2D eigenvalue weighted by Gasteiger charge is 2.54. The summed E-state index contributed by atoms with van der Waals surface area (Å²) >= 11 is 10.8. The third-order valence-electron chi connectivity index (χ3n) is 12.7. The number of aliphatic hydroxyl groups excluding tert-OH is 3. The second kappa shape index (κ2) is 19.3. The first-order chi connectivity index (χ1) is 29.0. The Balaban J connectivity index is 0.000000168. The predicted octanol–water partition coefficient (Wildman–Crippen LogP) is 5.95. The second-order valence-corrected chi connectivity index (χ2v) is 18.5. The van der Waals surface area contributed by atoms with E-state index in [0.717, 1.165) is 18.2 Å². The van der Waals surface area contributed by atoms with E-state index in [0.29, 0.717) is 62.9 Å². The number of carbonyl (C=O) groups excluding carboxylic acids is 1. The molecule has 0 radical (unpaired) electrons. The zero-order valence-electron chi connectivity index (χ0n) is 35.2. The van der Waals surface area contributed by atoms with Crippen LogP contribution < -0.4 is 11.1 Å². The van der Waals surface area contributed by atoms with Crippen molar-refractivity contribution in [1.82, 2.24) is 39.0 Å². The summed E-state index contributed by atoms with van der Waals surface area (Å²) in [5.74, 6) is 2.23. The van der Waals surface area contributed by atoms with Gasteiger partial charge in [0.25, 0.3) is 5.91 Å². The highest BCUT2D eigenvalue weighted by Crippen LogP contribution is 2.48. The van der Waals surface area contributed by atoms with Crippen LogP contribution in [0.1, 0.15) is 71.7 Å². The van der Waals surface area contributed by atoms with Gasteiger partial charge in [-0.05, 0) is 43.7 Å². The molecule has 12 atom stereocenters. The minimum atomic E-state index is -1.30. The van der Waals surface area contributed by atoms with Crippen LogP contribution in [0.3, 0.4) is 0 Å². The first kappa shape index (κ1) is 47.3. The number of amides is 1. The number of imidazole rings is 2. The molecule has 7 heterocycles. The Bertz CT molecular complexity index is 2270. The molecule has 20 heteroatoms. The average molecular weight is 1040 g/mol. The maximum absolute atomic E-state index is 12.6. The van der Waals surface area contributed by atoms with Crippen LogP contribution in [0.25, 0.3) is 22.3 Å². The number of benzene rings is 1. The lowest BCUT2D eigenvalue weighted by atomic mass is 9.86. The normalized spacial score (nSPS) is 33.3. The van der Waals surface area contributed by atoms with Crippen molar-refractivity contribution < 1.29 is 34.3 Å². The van der Waals surface area contributed by atoms with Crippen LogP contribution in [0.2, 0.25) is 0 Å². The molecule has 0 saturated carbocycles. The molecule has 6 N–H and O–H groups in total. The van der Waals surface area contributed by atoms with Crippen molar-refractivity contribution in [2.24, 2.45) is 23.7 Å². The number of nitrogen functional groups attached to an aromatic ring is 1. The highest BCUT2D eigenvalue weighted by atomic mass is 79.9. The number of rotatable bonds is 9. The van der Waals surface area contributed by atoms with E-state index in [9.17, 15) is 20.1 Å². The Labute approximate surface area is 380 Å². The molecule has 17 nitrogen and oxygen atoms in total. The molecule has 3 aliphatic rings. The first-order valence-corrected chi connectivity index (χ1v) is 23.4. The molecule has 1 aromatic carbocycles. The van der Waals surface area contributed by atoms with Crippen LogP contribution in [-0.4, -0.2) is 113 Å². The summed E-state index contributed by atoms with van der Waals surface area (Å²) in [4.78, 5) is 37.8. The molecule has 3 fully saturated rings. The van der Waals surface area contributed by atoms with Crippen molar-refractivity contribution in [2.45, 2.75) is 108 Å². The van der Waals surface area contributed by atoms with E-state index in [2.05, 4.69) is 125 Å². The van der Waals surface area contributed by atoms with Crippen LogP contribution in [-0.2, 0) is 25.7 Å². The largest absolute Gasteiger partial charge is 0.394 e. The lowest BCUT2D eigenvalue weighted by Gasteiger charge is -2.33. The van der Waals surface area contributed by atoms with Crippen molar-refractivity contribution in [2.75, 3.05) is 28.3 Å². The topological polar surface area (TPSA) is 231 Å². The fourth-order valence-corrected chi connectivity index (χ4v) is 10.6. The van der Waals surface area contributed by atoms with Gasteiger partial charge >= 0.3 is 0 Å². The second-order valence-electron chi connectivity index (χ2n) is 16.0. The van der Waals surface area contributed by atoms with E-state index >= 15 is 0 Å². The van der Waals surface area contributed by atoms with Crippen LogP contribution in [0, 0.1) is 23.7 Å². The van der Waals surface area contributed by atoms with Gasteiger partial charge in [0.1, 0.15) is 41.0 Å². The molecule has 3 aliphatic heterocycles. The molecule has 8 rings (SSSR count). The lowest BCUT2D eigenvalue weighted by Crippen LogP contribution is -2.43. The number of aliphatic hydroxyl groups is 3. The van der Waals surface area contributed by atoms with Crippen molar-refractivity contribution in [1.29, 1.82) is 0 Å². The van der Waals surface area contributed by atoms with Crippen LogP contribution in [0.4, 0.5) is 11.6 Å². The number of carbonyl (C=O) groups is 1. The fraction of sp³-hybridized carbons (Fsp3) is 0.585. The molecule has 332 valence electrons. The smallest absolute Gasteiger partial charge is 0.256 e. The summed E-state index contributed by atoms with van der Waals surface area (Å²) in [6.45, 7) is 14.4. The van der Waals surface area contributed by atoms with E-state index in [1.54, 1.807) is 25.4 Å². The van der Waals surface area contributed by atoms with E-state index in [-0.39, 0.29) is 28.3 Å². The molecule has 3 saturated heterocycles. The van der Waals surface area contributed by atoms with Crippen LogP contribution in [0.5, 0.6) is 0 Å². The summed E-state index contributed by atoms with van der Waals surface area (Å²) in [5.41, 5.74) is 6.31. The molecule has 3 unspecified atom stereocenters. The summed E-state index contributed by atoms with van der Waals surface area (Å²) in [6, 6.07) is 9.03. The molecular formula is C41H55Br3N10O7. The molecule has 61 heavy (non-hydrogen) atoms. The van der Waals surface area contributed by atoms with E-state index < -0.39 is 36.4 Å². The zero-order chi connectivity index (χ0) is 44.4. The van der Waals surface area contributed by atoms with E-state index in [1.807, 2.05) is 22.8 Å². The van der Waals surface area contributed by atoms with E-state index in [1.165, 1.54) is 23.5 Å². The van der Waals surface area contributed by atoms with Crippen molar-refractivity contribution in [3.05, 3.63) is 61.2 Å². The predicted molar refractivity (Wildman–Crippen MR) is 241 cm³/mol. The molecule has 4 aromatic heterocycles. The number of hydrogen-bond donors (Lipinski definition) is 5. The maximum atomic E-state index is 12.6. The van der Waals surface area contributed by atoms with Gasteiger partial charge in [-0.25, -0.2) is 29.9 Å². The van der Waals surface area contributed by atoms with Crippen LogP contribution >= 0.6 is 47.8 Å². The first-order valence-electron chi connectivity index (χ1n) is 20.4. The third-order valence-corrected chi connectivity index (χ3v) is 16.3.